The molecule has 1 N–H and O–H groups in total. The standard InChI is InChI=1S/C20H26N2O2S/c1-22(2)19(16-9-11-17(24-3)12-10-16)15-21-20(23)13-14-25-18-7-5-4-6-8-18/h4-12,19H,13-15H2,1-3H3,(H,21,23). The van der Waals surface area contributed by atoms with Gasteiger partial charge in [0, 0.05) is 23.6 Å². The van der Waals surface area contributed by atoms with Crippen LogP contribution in [0.4, 0.5) is 0 Å². The number of hydrogen-bond acceptors (Lipinski definition) is 4. The number of rotatable bonds is 9. The van der Waals surface area contributed by atoms with E-state index in [1.807, 2.05) is 56.6 Å². The zero-order valence-corrected chi connectivity index (χ0v) is 15.9. The van der Waals surface area contributed by atoms with E-state index < -0.39 is 0 Å². The summed E-state index contributed by atoms with van der Waals surface area (Å²) in [6.45, 7) is 0.591. The average molecular weight is 359 g/mol. The number of nitrogens with zero attached hydrogens (tertiary/aromatic N) is 1. The van der Waals surface area contributed by atoms with E-state index in [1.165, 1.54) is 4.90 Å². The van der Waals surface area contributed by atoms with Gasteiger partial charge in [0.15, 0.2) is 0 Å². The molecule has 0 aliphatic heterocycles. The fourth-order valence-corrected chi connectivity index (χ4v) is 3.37. The van der Waals surface area contributed by atoms with Crippen LogP contribution in [0.25, 0.3) is 0 Å². The zero-order chi connectivity index (χ0) is 18.1. The van der Waals surface area contributed by atoms with Crippen LogP contribution < -0.4 is 10.1 Å². The van der Waals surface area contributed by atoms with Gasteiger partial charge in [0.2, 0.25) is 5.91 Å². The third-order valence-corrected chi connectivity index (χ3v) is 4.97. The molecule has 5 heteroatoms. The molecule has 1 unspecified atom stereocenters. The molecule has 25 heavy (non-hydrogen) atoms. The molecule has 0 saturated heterocycles. The number of nitrogens with one attached hydrogen (secondary N) is 1. The van der Waals surface area contributed by atoms with E-state index in [4.69, 9.17) is 4.74 Å². The van der Waals surface area contributed by atoms with E-state index >= 15 is 0 Å². The summed E-state index contributed by atoms with van der Waals surface area (Å²) in [5.74, 6) is 1.71. The summed E-state index contributed by atoms with van der Waals surface area (Å²) >= 11 is 1.70. The van der Waals surface area contributed by atoms with Crippen molar-refractivity contribution in [3.63, 3.8) is 0 Å². The van der Waals surface area contributed by atoms with Crippen molar-refractivity contribution >= 4 is 17.7 Å². The monoisotopic (exact) mass is 358 g/mol. The molecule has 0 bridgehead atoms. The molecule has 2 rings (SSSR count). The SMILES string of the molecule is COc1ccc(C(CNC(=O)CCSc2ccccc2)N(C)C)cc1. The van der Waals surface area contributed by atoms with Gasteiger partial charge in [-0.05, 0) is 43.9 Å². The van der Waals surface area contributed by atoms with Gasteiger partial charge in [-0.1, -0.05) is 30.3 Å². The molecule has 4 nitrogen and oxygen atoms in total. The quantitative estimate of drug-likeness (QED) is 0.696. The fraction of sp³-hybridized carbons (Fsp3) is 0.350. The Bertz CT molecular complexity index is 645. The van der Waals surface area contributed by atoms with Crippen molar-refractivity contribution in [2.45, 2.75) is 17.4 Å². The van der Waals surface area contributed by atoms with Gasteiger partial charge in [0.05, 0.1) is 13.2 Å². The van der Waals surface area contributed by atoms with Gasteiger partial charge in [0.25, 0.3) is 0 Å². The zero-order valence-electron chi connectivity index (χ0n) is 15.1. The van der Waals surface area contributed by atoms with Crippen LogP contribution in [0.15, 0.2) is 59.5 Å². The first-order valence-corrected chi connectivity index (χ1v) is 9.33. The minimum absolute atomic E-state index is 0.0868. The van der Waals surface area contributed by atoms with Crippen molar-refractivity contribution in [1.29, 1.82) is 0 Å². The summed E-state index contributed by atoms with van der Waals surface area (Å²) in [4.78, 5) is 15.4. The number of thioether (sulfide) groups is 1. The molecular weight excluding hydrogens is 332 g/mol. The minimum Gasteiger partial charge on any atom is -0.497 e. The Morgan fingerprint density at radius 1 is 1.12 bits per heavy atom. The number of methoxy groups -OCH3 is 1. The largest absolute Gasteiger partial charge is 0.497 e. The van der Waals surface area contributed by atoms with Crippen molar-refractivity contribution in [1.82, 2.24) is 10.2 Å². The Morgan fingerprint density at radius 2 is 1.80 bits per heavy atom. The van der Waals surface area contributed by atoms with E-state index in [-0.39, 0.29) is 11.9 Å². The second kappa shape index (κ2) is 10.1. The van der Waals surface area contributed by atoms with Crippen molar-refractivity contribution in [2.75, 3.05) is 33.5 Å². The second-order valence-electron chi connectivity index (χ2n) is 5.97. The third-order valence-electron chi connectivity index (χ3n) is 3.96. The topological polar surface area (TPSA) is 41.6 Å². The van der Waals surface area contributed by atoms with Crippen LogP contribution in [0.2, 0.25) is 0 Å². The highest BCUT2D eigenvalue weighted by atomic mass is 32.2. The first-order chi connectivity index (χ1) is 12.1. The van der Waals surface area contributed by atoms with E-state index in [2.05, 4.69) is 22.3 Å². The molecule has 0 aliphatic rings. The van der Waals surface area contributed by atoms with E-state index in [0.717, 1.165) is 17.1 Å². The number of likely N-dealkylation sites (N-methyl/N-ethyl adjacent to an activating group) is 1. The van der Waals surface area contributed by atoms with E-state index in [0.29, 0.717) is 13.0 Å². The number of ether oxygens (including phenoxy) is 1. The maximum absolute atomic E-state index is 12.1. The van der Waals surface area contributed by atoms with Crippen LogP contribution in [-0.4, -0.2) is 44.3 Å². The van der Waals surface area contributed by atoms with Crippen LogP contribution in [0, 0.1) is 0 Å². The lowest BCUT2D eigenvalue weighted by molar-refractivity contribution is -0.120. The van der Waals surface area contributed by atoms with Crippen molar-refractivity contribution in [3.05, 3.63) is 60.2 Å². The lowest BCUT2D eigenvalue weighted by Crippen LogP contribution is -2.34. The molecule has 2 aromatic carbocycles. The first-order valence-electron chi connectivity index (χ1n) is 8.35. The average Bonchev–Trinajstić information content (AvgIpc) is 2.63. The maximum atomic E-state index is 12.1. The van der Waals surface area contributed by atoms with Crippen molar-refractivity contribution < 1.29 is 9.53 Å². The van der Waals surface area contributed by atoms with Gasteiger partial charge in [-0.2, -0.15) is 0 Å². The second-order valence-corrected chi connectivity index (χ2v) is 7.14. The highest BCUT2D eigenvalue weighted by Crippen LogP contribution is 2.21. The molecule has 0 saturated carbocycles. The lowest BCUT2D eigenvalue weighted by Gasteiger charge is -2.25. The molecule has 1 amide bonds. The normalized spacial score (nSPS) is 12.0. The molecule has 2 aromatic rings. The van der Waals surface area contributed by atoms with Crippen LogP contribution in [-0.2, 0) is 4.79 Å². The smallest absolute Gasteiger partial charge is 0.220 e. The Kier molecular flexibility index (Phi) is 7.82. The molecule has 0 spiro atoms. The predicted molar refractivity (Wildman–Crippen MR) is 104 cm³/mol. The molecule has 134 valence electrons. The molecule has 1 atom stereocenters. The first kappa shape index (κ1) is 19.3. The Balaban J connectivity index is 1.80. The summed E-state index contributed by atoms with van der Waals surface area (Å²) in [5, 5.41) is 3.05. The van der Waals surface area contributed by atoms with Crippen molar-refractivity contribution in [3.8, 4) is 5.75 Å². The van der Waals surface area contributed by atoms with Crippen LogP contribution in [0.1, 0.15) is 18.0 Å². The Labute approximate surface area is 154 Å². The molecule has 0 fully saturated rings. The summed E-state index contributed by atoms with van der Waals surface area (Å²) in [7, 11) is 5.70. The van der Waals surface area contributed by atoms with Gasteiger partial charge < -0.3 is 15.0 Å². The van der Waals surface area contributed by atoms with Gasteiger partial charge in [0.1, 0.15) is 5.75 Å². The number of carbonyl (C=O) groups is 1. The van der Waals surface area contributed by atoms with Gasteiger partial charge in [-0.25, -0.2) is 0 Å². The number of carbonyl (C=O) groups excluding carboxylic acids is 1. The Morgan fingerprint density at radius 3 is 2.40 bits per heavy atom. The van der Waals surface area contributed by atoms with Crippen LogP contribution in [0.5, 0.6) is 5.75 Å². The molecule has 0 radical (unpaired) electrons. The third kappa shape index (κ3) is 6.44. The number of amides is 1. The van der Waals surface area contributed by atoms with E-state index in [9.17, 15) is 4.79 Å². The Hall–Kier alpha value is -1.98. The molecule has 0 heterocycles. The number of benzene rings is 2. The number of hydrogen-bond donors (Lipinski definition) is 1. The van der Waals surface area contributed by atoms with E-state index in [1.54, 1.807) is 18.9 Å². The maximum Gasteiger partial charge on any atom is 0.220 e. The molecule has 0 aromatic heterocycles. The van der Waals surface area contributed by atoms with Gasteiger partial charge in [-0.3, -0.25) is 4.79 Å². The highest BCUT2D eigenvalue weighted by Gasteiger charge is 2.15. The summed E-state index contributed by atoms with van der Waals surface area (Å²) < 4.78 is 5.20. The summed E-state index contributed by atoms with van der Waals surface area (Å²) in [5.41, 5.74) is 1.16. The van der Waals surface area contributed by atoms with Crippen molar-refractivity contribution in [2.24, 2.45) is 0 Å². The minimum atomic E-state index is 0.0868. The van der Waals surface area contributed by atoms with Gasteiger partial charge in [-0.15, -0.1) is 11.8 Å². The van der Waals surface area contributed by atoms with Gasteiger partial charge >= 0.3 is 0 Å². The van der Waals surface area contributed by atoms with Crippen LogP contribution >= 0.6 is 11.8 Å². The highest BCUT2D eigenvalue weighted by molar-refractivity contribution is 7.99. The summed E-state index contributed by atoms with van der Waals surface area (Å²) in [6, 6.07) is 18.3. The fourth-order valence-electron chi connectivity index (χ4n) is 2.50. The lowest BCUT2D eigenvalue weighted by atomic mass is 10.1. The van der Waals surface area contributed by atoms with Crippen LogP contribution in [0.3, 0.4) is 0 Å². The molecule has 0 aliphatic carbocycles. The molecular formula is C20H26N2O2S. The summed E-state index contributed by atoms with van der Waals surface area (Å²) in [6.07, 6.45) is 0.516. The predicted octanol–water partition coefficient (Wildman–Crippen LogP) is 3.60.